The van der Waals surface area contributed by atoms with Gasteiger partial charge in [0.15, 0.2) is 5.76 Å². The van der Waals surface area contributed by atoms with Gasteiger partial charge in [0.25, 0.3) is 5.88 Å². The fraction of sp³-hybridized carbons (Fsp3) is 0.286. The predicted molar refractivity (Wildman–Crippen MR) is 39.0 cm³/mol. The van der Waals surface area contributed by atoms with Gasteiger partial charge < -0.3 is 9.47 Å². The molecule has 0 spiro atoms. The number of nitrogens with one attached hydrogen (secondary N) is 1. The van der Waals surface area contributed by atoms with Crippen molar-refractivity contribution < 1.29 is 14.3 Å². The van der Waals surface area contributed by atoms with E-state index in [-0.39, 0.29) is 11.6 Å². The molecule has 1 rings (SSSR count). The summed E-state index contributed by atoms with van der Waals surface area (Å²) in [6.07, 6.45) is 3.23. The van der Waals surface area contributed by atoms with Gasteiger partial charge in [-0.05, 0) is 12.2 Å². The molecule has 0 saturated heterocycles. The Bertz CT molecular complexity index is 268. The highest BCUT2D eigenvalue weighted by Crippen LogP contribution is 2.15. The fourth-order valence-electron chi connectivity index (χ4n) is 0.745. The van der Waals surface area contributed by atoms with E-state index in [9.17, 15) is 4.79 Å². The van der Waals surface area contributed by atoms with Crippen LogP contribution in [0.5, 0.6) is 0 Å². The van der Waals surface area contributed by atoms with Crippen molar-refractivity contribution in [2.45, 2.75) is 6.92 Å². The average Bonchev–Trinajstić information content (AvgIpc) is 2.04. The molecule has 5 heteroatoms. The third-order valence-corrected chi connectivity index (χ3v) is 1.15. The van der Waals surface area contributed by atoms with Gasteiger partial charge in [-0.2, -0.15) is 0 Å². The second-order valence-corrected chi connectivity index (χ2v) is 2.09. The lowest BCUT2D eigenvalue weighted by Gasteiger charge is -2.10. The average molecular weight is 168 g/mol. The lowest BCUT2D eigenvalue weighted by molar-refractivity contribution is -0.136. The third-order valence-electron chi connectivity index (χ3n) is 1.15. The standard InChI is InChI=1S/C7H8N2O3/c1-5(10)12-6-3-2-4-11-7(6)9-8/h2-3,8H,4H2,1H3. The second-order valence-electron chi connectivity index (χ2n) is 2.09. The van der Waals surface area contributed by atoms with Gasteiger partial charge in [0, 0.05) is 6.92 Å². The van der Waals surface area contributed by atoms with E-state index in [0.717, 1.165) is 0 Å². The molecule has 0 aliphatic carbocycles. The number of carbonyl (C=O) groups is 1. The lowest BCUT2D eigenvalue weighted by Crippen LogP contribution is -2.05. The van der Waals surface area contributed by atoms with Crippen molar-refractivity contribution >= 4 is 5.97 Å². The third kappa shape index (κ3) is 1.91. The highest BCUT2D eigenvalue weighted by Gasteiger charge is 2.11. The van der Waals surface area contributed by atoms with Crippen molar-refractivity contribution in [1.82, 2.24) is 0 Å². The number of carbonyl (C=O) groups excluding carboxylic acids is 1. The zero-order chi connectivity index (χ0) is 8.97. The molecule has 1 heterocycles. The number of rotatable bonds is 2. The van der Waals surface area contributed by atoms with E-state index >= 15 is 0 Å². The molecule has 5 nitrogen and oxygen atoms in total. The van der Waals surface area contributed by atoms with Crippen LogP contribution in [0.25, 0.3) is 0 Å². The van der Waals surface area contributed by atoms with Gasteiger partial charge in [-0.3, -0.25) is 4.79 Å². The molecule has 12 heavy (non-hydrogen) atoms. The zero-order valence-corrected chi connectivity index (χ0v) is 6.53. The van der Waals surface area contributed by atoms with Gasteiger partial charge in [0.1, 0.15) is 6.61 Å². The molecule has 0 aromatic rings. The largest absolute Gasteiger partial charge is 0.470 e. The Morgan fingerprint density at radius 2 is 2.58 bits per heavy atom. The van der Waals surface area contributed by atoms with Crippen molar-refractivity contribution in [2.24, 2.45) is 5.11 Å². The second kappa shape index (κ2) is 3.66. The van der Waals surface area contributed by atoms with Gasteiger partial charge in [0.05, 0.1) is 0 Å². The Kier molecular flexibility index (Phi) is 2.57. The monoisotopic (exact) mass is 168 g/mol. The SMILES string of the molecule is CC(=O)OC1=C(N=N)OCC=C1. The summed E-state index contributed by atoms with van der Waals surface area (Å²) in [6, 6.07) is 0. The smallest absolute Gasteiger partial charge is 0.308 e. The molecule has 0 saturated carbocycles. The minimum absolute atomic E-state index is 0.0349. The zero-order valence-electron chi connectivity index (χ0n) is 6.53. The van der Waals surface area contributed by atoms with Crippen LogP contribution in [-0.4, -0.2) is 12.6 Å². The van der Waals surface area contributed by atoms with E-state index in [1.165, 1.54) is 6.92 Å². The first-order chi connectivity index (χ1) is 5.74. The summed E-state index contributed by atoms with van der Waals surface area (Å²) in [7, 11) is 0. The molecule has 0 unspecified atom stereocenters. The number of hydrogen-bond donors (Lipinski definition) is 1. The molecule has 1 aliphatic rings. The van der Waals surface area contributed by atoms with Gasteiger partial charge in [-0.1, -0.05) is 0 Å². The number of nitrogens with zero attached hydrogens (tertiary/aromatic N) is 1. The molecular weight excluding hydrogens is 160 g/mol. The van der Waals surface area contributed by atoms with Crippen molar-refractivity contribution in [3.8, 4) is 0 Å². The molecule has 64 valence electrons. The number of hydrogen-bond acceptors (Lipinski definition) is 5. The molecular formula is C7H8N2O3. The van der Waals surface area contributed by atoms with Crippen LogP contribution in [0.15, 0.2) is 28.9 Å². The molecule has 0 amide bonds. The van der Waals surface area contributed by atoms with Gasteiger partial charge >= 0.3 is 5.97 Å². The molecule has 0 atom stereocenters. The summed E-state index contributed by atoms with van der Waals surface area (Å²) < 4.78 is 9.61. The van der Waals surface area contributed by atoms with Crippen molar-refractivity contribution in [3.05, 3.63) is 23.8 Å². The van der Waals surface area contributed by atoms with Crippen molar-refractivity contribution in [2.75, 3.05) is 6.61 Å². The summed E-state index contributed by atoms with van der Waals surface area (Å²) in [5.41, 5.74) is 6.69. The minimum atomic E-state index is -0.457. The van der Waals surface area contributed by atoms with Crippen LogP contribution < -0.4 is 0 Å². The molecule has 1 aliphatic heterocycles. The Hall–Kier alpha value is -1.65. The molecule has 0 radical (unpaired) electrons. The van der Waals surface area contributed by atoms with E-state index in [2.05, 4.69) is 5.11 Å². The van der Waals surface area contributed by atoms with Crippen molar-refractivity contribution in [3.63, 3.8) is 0 Å². The first kappa shape index (κ1) is 8.45. The maximum atomic E-state index is 10.5. The van der Waals surface area contributed by atoms with Crippen LogP contribution in [0, 0.1) is 5.53 Å². The van der Waals surface area contributed by atoms with E-state index in [4.69, 9.17) is 15.0 Å². The van der Waals surface area contributed by atoms with E-state index in [0.29, 0.717) is 6.61 Å². The van der Waals surface area contributed by atoms with Crippen LogP contribution in [0.3, 0.4) is 0 Å². The highest BCUT2D eigenvalue weighted by molar-refractivity contribution is 5.67. The first-order valence-electron chi connectivity index (χ1n) is 3.33. The molecule has 0 bridgehead atoms. The van der Waals surface area contributed by atoms with E-state index in [1.54, 1.807) is 12.2 Å². The van der Waals surface area contributed by atoms with Crippen molar-refractivity contribution in [1.29, 1.82) is 5.53 Å². The number of esters is 1. The van der Waals surface area contributed by atoms with E-state index in [1.807, 2.05) is 0 Å². The maximum Gasteiger partial charge on any atom is 0.308 e. The summed E-state index contributed by atoms with van der Waals surface area (Å²) in [5, 5.41) is 3.06. The number of allylic oxidation sites excluding steroid dienone is 1. The minimum Gasteiger partial charge on any atom is -0.470 e. The quantitative estimate of drug-likeness (QED) is 0.499. The Balaban J connectivity index is 2.81. The van der Waals surface area contributed by atoms with Crippen LogP contribution in [0.1, 0.15) is 6.92 Å². The van der Waals surface area contributed by atoms with Gasteiger partial charge in [-0.15, -0.1) is 5.11 Å². The van der Waals surface area contributed by atoms with E-state index < -0.39 is 5.97 Å². The molecule has 0 aromatic heterocycles. The number of ether oxygens (including phenoxy) is 2. The molecule has 1 N–H and O–H groups in total. The van der Waals surface area contributed by atoms with Crippen LogP contribution in [0.2, 0.25) is 0 Å². The Labute approximate surface area is 69.2 Å². The van der Waals surface area contributed by atoms with Gasteiger partial charge in [-0.25, -0.2) is 5.53 Å². The lowest BCUT2D eigenvalue weighted by atomic mass is 10.4. The fourth-order valence-corrected chi connectivity index (χ4v) is 0.745. The Morgan fingerprint density at radius 3 is 3.17 bits per heavy atom. The van der Waals surface area contributed by atoms with Crippen LogP contribution in [0.4, 0.5) is 0 Å². The first-order valence-corrected chi connectivity index (χ1v) is 3.33. The van der Waals surface area contributed by atoms with Crippen LogP contribution >= 0.6 is 0 Å². The molecule has 0 fully saturated rings. The highest BCUT2D eigenvalue weighted by atomic mass is 16.6. The summed E-state index contributed by atoms with van der Waals surface area (Å²) >= 11 is 0. The summed E-state index contributed by atoms with van der Waals surface area (Å²) in [5.74, 6) is -0.238. The topological polar surface area (TPSA) is 71.7 Å². The van der Waals surface area contributed by atoms with Crippen LogP contribution in [-0.2, 0) is 14.3 Å². The predicted octanol–water partition coefficient (Wildman–Crippen LogP) is 1.34. The van der Waals surface area contributed by atoms with Gasteiger partial charge in [0.2, 0.25) is 0 Å². The summed E-state index contributed by atoms with van der Waals surface area (Å²) in [4.78, 5) is 10.5. The molecule has 0 aromatic carbocycles. The Morgan fingerprint density at radius 1 is 1.83 bits per heavy atom. The maximum absolute atomic E-state index is 10.5. The summed E-state index contributed by atoms with van der Waals surface area (Å²) in [6.45, 7) is 1.62. The normalized spacial score (nSPS) is 15.4.